The van der Waals surface area contributed by atoms with Crippen LogP contribution < -0.4 is 5.73 Å². The molecule has 0 aliphatic rings. The Labute approximate surface area is 113 Å². The smallest absolute Gasteiger partial charge is 0.138 e. The number of ether oxygens (including phenoxy) is 1. The molecule has 2 atom stereocenters. The quantitative estimate of drug-likeness (QED) is 0.854. The fourth-order valence-corrected chi connectivity index (χ4v) is 2.11. The van der Waals surface area contributed by atoms with Gasteiger partial charge in [0.15, 0.2) is 0 Å². The van der Waals surface area contributed by atoms with Crippen LogP contribution in [0.3, 0.4) is 0 Å². The first-order valence-corrected chi connectivity index (χ1v) is 6.47. The number of hydrogen-bond donors (Lipinski definition) is 1. The lowest BCUT2D eigenvalue weighted by Crippen LogP contribution is -2.33. The lowest BCUT2D eigenvalue weighted by atomic mass is 10.00. The first kappa shape index (κ1) is 13.7. The average molecular weight is 260 g/mol. The highest BCUT2D eigenvalue weighted by molar-refractivity contribution is 5.19. The monoisotopic (exact) mass is 260 g/mol. The molecule has 5 heteroatoms. The largest absolute Gasteiger partial charge is 0.372 e. The number of rotatable bonds is 6. The van der Waals surface area contributed by atoms with E-state index in [9.17, 15) is 0 Å². The Kier molecular flexibility index (Phi) is 4.65. The Balaban J connectivity index is 2.13. The van der Waals surface area contributed by atoms with Gasteiger partial charge in [0, 0.05) is 26.1 Å². The number of hydrogen-bond acceptors (Lipinski definition) is 4. The predicted octanol–water partition coefficient (Wildman–Crippen LogP) is 1.46. The zero-order chi connectivity index (χ0) is 13.7. The van der Waals surface area contributed by atoms with E-state index in [0.717, 1.165) is 11.4 Å². The van der Waals surface area contributed by atoms with Crippen LogP contribution in [0.15, 0.2) is 36.7 Å². The molecule has 0 saturated heterocycles. The minimum absolute atomic E-state index is 0.122. The Bertz CT molecular complexity index is 497. The van der Waals surface area contributed by atoms with Crippen molar-refractivity contribution < 1.29 is 4.74 Å². The molecule has 5 nitrogen and oxygen atoms in total. The van der Waals surface area contributed by atoms with E-state index >= 15 is 0 Å². The Morgan fingerprint density at radius 2 is 2.05 bits per heavy atom. The molecule has 1 heterocycles. The Hall–Kier alpha value is -1.72. The maximum absolute atomic E-state index is 6.29. The molecule has 1 aromatic carbocycles. The summed E-state index contributed by atoms with van der Waals surface area (Å²) >= 11 is 0. The fourth-order valence-electron chi connectivity index (χ4n) is 2.11. The molecule has 0 radical (unpaired) electrons. The summed E-state index contributed by atoms with van der Waals surface area (Å²) in [6.07, 6.45) is 2.05. The molecule has 102 valence electrons. The molecule has 0 bridgehead atoms. The van der Waals surface area contributed by atoms with Gasteiger partial charge in [-0.15, -0.1) is 0 Å². The summed E-state index contributed by atoms with van der Waals surface area (Å²) in [5, 5.41) is 4.06. The maximum atomic E-state index is 6.29. The van der Waals surface area contributed by atoms with Crippen molar-refractivity contribution in [1.29, 1.82) is 0 Å². The predicted molar refractivity (Wildman–Crippen MR) is 73.5 cm³/mol. The fraction of sp³-hybridized carbons (Fsp3) is 0.429. The zero-order valence-corrected chi connectivity index (χ0v) is 11.4. The second-order valence-corrected chi connectivity index (χ2v) is 4.45. The lowest BCUT2D eigenvalue weighted by molar-refractivity contribution is 0.0427. The van der Waals surface area contributed by atoms with Crippen molar-refractivity contribution in [1.82, 2.24) is 14.8 Å². The van der Waals surface area contributed by atoms with Crippen molar-refractivity contribution >= 4 is 0 Å². The van der Waals surface area contributed by atoms with E-state index in [-0.39, 0.29) is 12.1 Å². The molecule has 1 aromatic heterocycles. The van der Waals surface area contributed by atoms with E-state index in [1.807, 2.05) is 44.3 Å². The minimum Gasteiger partial charge on any atom is -0.372 e. The van der Waals surface area contributed by atoms with Crippen LogP contribution in [0.2, 0.25) is 0 Å². The van der Waals surface area contributed by atoms with Crippen LogP contribution in [0.4, 0.5) is 0 Å². The van der Waals surface area contributed by atoms with Crippen molar-refractivity contribution in [2.45, 2.75) is 25.5 Å². The van der Waals surface area contributed by atoms with Gasteiger partial charge in [0.2, 0.25) is 0 Å². The van der Waals surface area contributed by atoms with Crippen LogP contribution in [0, 0.1) is 0 Å². The molecule has 2 N–H and O–H groups in total. The molecule has 2 rings (SSSR count). The summed E-state index contributed by atoms with van der Waals surface area (Å²) in [5.74, 6) is 0.869. The van der Waals surface area contributed by atoms with Gasteiger partial charge in [0.25, 0.3) is 0 Å². The summed E-state index contributed by atoms with van der Waals surface area (Å²) in [6.45, 7) is 2.61. The summed E-state index contributed by atoms with van der Waals surface area (Å²) in [5.41, 5.74) is 7.39. The molecule has 2 aromatic rings. The summed E-state index contributed by atoms with van der Waals surface area (Å²) in [6, 6.07) is 9.91. The average Bonchev–Trinajstić information content (AvgIpc) is 2.82. The standard InChI is InChI=1S/C14H20N4O/c1-3-19-14(11-7-5-4-6-8-11)12(15)9-13-16-10-17-18(13)2/h4-8,10,12,14H,3,9,15H2,1-2H3. The third-order valence-corrected chi connectivity index (χ3v) is 3.09. The van der Waals surface area contributed by atoms with E-state index < -0.39 is 0 Å². The van der Waals surface area contributed by atoms with Crippen LogP contribution in [0.1, 0.15) is 24.4 Å². The molecule has 0 spiro atoms. The van der Waals surface area contributed by atoms with Crippen LogP contribution >= 0.6 is 0 Å². The van der Waals surface area contributed by atoms with Crippen LogP contribution in [-0.2, 0) is 18.2 Å². The lowest BCUT2D eigenvalue weighted by Gasteiger charge is -2.24. The Morgan fingerprint density at radius 1 is 1.32 bits per heavy atom. The first-order valence-electron chi connectivity index (χ1n) is 6.47. The van der Waals surface area contributed by atoms with Crippen LogP contribution in [-0.4, -0.2) is 27.4 Å². The highest BCUT2D eigenvalue weighted by Crippen LogP contribution is 2.21. The Morgan fingerprint density at radius 3 is 2.63 bits per heavy atom. The number of nitrogens with two attached hydrogens (primary N) is 1. The van der Waals surface area contributed by atoms with Gasteiger partial charge in [-0.05, 0) is 12.5 Å². The number of benzene rings is 1. The SMILES string of the molecule is CCOC(c1ccccc1)C(N)Cc1ncnn1C. The number of nitrogens with zero attached hydrogens (tertiary/aromatic N) is 3. The van der Waals surface area contributed by atoms with E-state index in [1.165, 1.54) is 0 Å². The molecule has 2 unspecified atom stereocenters. The van der Waals surface area contributed by atoms with Gasteiger partial charge in [-0.2, -0.15) is 5.10 Å². The summed E-state index contributed by atoms with van der Waals surface area (Å²) in [7, 11) is 1.87. The molecule has 0 amide bonds. The molecule has 0 fully saturated rings. The van der Waals surface area contributed by atoms with Gasteiger partial charge in [0.05, 0.1) is 6.10 Å². The number of aryl methyl sites for hydroxylation is 1. The molecule has 0 aliphatic heterocycles. The summed E-state index contributed by atoms with van der Waals surface area (Å²) < 4.78 is 7.54. The van der Waals surface area contributed by atoms with Crippen molar-refractivity contribution in [2.75, 3.05) is 6.61 Å². The van der Waals surface area contributed by atoms with Crippen molar-refractivity contribution in [3.8, 4) is 0 Å². The van der Waals surface area contributed by atoms with Crippen LogP contribution in [0.25, 0.3) is 0 Å². The van der Waals surface area contributed by atoms with Crippen molar-refractivity contribution in [3.63, 3.8) is 0 Å². The van der Waals surface area contributed by atoms with Crippen LogP contribution in [0.5, 0.6) is 0 Å². The minimum atomic E-state index is -0.148. The molecule has 0 aliphatic carbocycles. The second kappa shape index (κ2) is 6.45. The highest BCUT2D eigenvalue weighted by atomic mass is 16.5. The maximum Gasteiger partial charge on any atom is 0.138 e. The third-order valence-electron chi connectivity index (χ3n) is 3.09. The number of aromatic nitrogens is 3. The van der Waals surface area contributed by atoms with Gasteiger partial charge < -0.3 is 10.5 Å². The van der Waals surface area contributed by atoms with Gasteiger partial charge in [-0.1, -0.05) is 30.3 Å². The van der Waals surface area contributed by atoms with Crippen molar-refractivity contribution in [3.05, 3.63) is 48.0 Å². The molecular weight excluding hydrogens is 240 g/mol. The van der Waals surface area contributed by atoms with Gasteiger partial charge in [0.1, 0.15) is 12.2 Å². The third kappa shape index (κ3) is 3.39. The van der Waals surface area contributed by atoms with Gasteiger partial charge >= 0.3 is 0 Å². The molecule has 0 saturated carbocycles. The highest BCUT2D eigenvalue weighted by Gasteiger charge is 2.21. The molecule has 19 heavy (non-hydrogen) atoms. The topological polar surface area (TPSA) is 66.0 Å². The molecular formula is C14H20N4O. The van der Waals surface area contributed by atoms with Gasteiger partial charge in [-0.3, -0.25) is 4.68 Å². The van der Waals surface area contributed by atoms with Gasteiger partial charge in [-0.25, -0.2) is 4.98 Å². The van der Waals surface area contributed by atoms with E-state index in [4.69, 9.17) is 10.5 Å². The first-order chi connectivity index (χ1) is 9.22. The summed E-state index contributed by atoms with van der Waals surface area (Å²) in [4.78, 5) is 4.21. The normalized spacial score (nSPS) is 14.3. The van der Waals surface area contributed by atoms with E-state index in [2.05, 4.69) is 10.1 Å². The van der Waals surface area contributed by atoms with E-state index in [1.54, 1.807) is 11.0 Å². The zero-order valence-electron chi connectivity index (χ0n) is 11.4. The van der Waals surface area contributed by atoms with E-state index in [0.29, 0.717) is 13.0 Å². The second-order valence-electron chi connectivity index (χ2n) is 4.45. The van der Waals surface area contributed by atoms with Crippen molar-refractivity contribution in [2.24, 2.45) is 12.8 Å².